The van der Waals surface area contributed by atoms with Gasteiger partial charge in [0.25, 0.3) is 0 Å². The molecule has 15 heteroatoms. The van der Waals surface area contributed by atoms with E-state index in [0.717, 1.165) is 0 Å². The maximum Gasteiger partial charge on any atom is 0.311 e. The van der Waals surface area contributed by atoms with E-state index in [-0.39, 0.29) is 30.8 Å². The number of carbonyl (C=O) groups excluding carboxylic acids is 4. The number of ketones is 1. The highest BCUT2D eigenvalue weighted by molar-refractivity contribution is 5.83. The highest BCUT2D eigenvalue weighted by atomic mass is 16.7. The van der Waals surface area contributed by atoms with Gasteiger partial charge in [-0.3, -0.25) is 19.2 Å². The van der Waals surface area contributed by atoms with Gasteiger partial charge in [0.05, 0.1) is 49.1 Å². The van der Waals surface area contributed by atoms with Crippen LogP contribution in [0.4, 0.5) is 0 Å². The molecule has 0 aliphatic carbocycles. The number of hydrogen-bond donors (Lipinski definition) is 3. The largest absolute Gasteiger partial charge is 0.462 e. The second-order valence-corrected chi connectivity index (χ2v) is 17.7. The van der Waals surface area contributed by atoms with Crippen LogP contribution in [0.3, 0.4) is 0 Å². The number of nitrogens with zero attached hydrogens (tertiary/aromatic N) is 1. The Labute approximate surface area is 333 Å². The van der Waals surface area contributed by atoms with Crippen LogP contribution in [0.25, 0.3) is 0 Å². The van der Waals surface area contributed by atoms with Gasteiger partial charge in [0.1, 0.15) is 17.5 Å². The minimum Gasteiger partial charge on any atom is -0.462 e. The van der Waals surface area contributed by atoms with Crippen LogP contribution in [0, 0.1) is 35.0 Å². The average molecular weight is 802 g/mol. The van der Waals surface area contributed by atoms with Gasteiger partial charge in [-0.25, -0.2) is 0 Å². The van der Waals surface area contributed by atoms with Crippen LogP contribution in [-0.4, -0.2) is 138 Å². The lowest BCUT2D eigenvalue weighted by Crippen LogP contribution is -2.60. The summed E-state index contributed by atoms with van der Waals surface area (Å²) >= 11 is 0. The number of hydrogen-bond acceptors (Lipinski definition) is 15. The molecule has 3 fully saturated rings. The third-order valence-electron chi connectivity index (χ3n) is 12.3. The third kappa shape index (κ3) is 11.3. The fourth-order valence-corrected chi connectivity index (χ4v) is 9.19. The summed E-state index contributed by atoms with van der Waals surface area (Å²) in [6.45, 7) is 19.4. The lowest BCUT2D eigenvalue weighted by Gasteiger charge is -2.50. The molecule has 0 aromatic heterocycles. The monoisotopic (exact) mass is 801 g/mol. The molecule has 3 heterocycles. The average Bonchev–Trinajstić information content (AvgIpc) is 3.11. The fraction of sp³-hybridized carbons (Fsp3) is 0.902. The zero-order chi connectivity index (χ0) is 42.6. The van der Waals surface area contributed by atoms with E-state index < -0.39 is 120 Å². The lowest BCUT2D eigenvalue weighted by atomic mass is 9.68. The molecule has 3 rings (SSSR count). The molecule has 0 spiro atoms. The predicted octanol–water partition coefficient (Wildman–Crippen LogP) is 3.41. The molecule has 3 aliphatic heterocycles. The van der Waals surface area contributed by atoms with Gasteiger partial charge in [0.2, 0.25) is 0 Å². The number of likely N-dealkylation sites (N-methyl/N-ethyl adjacent to an activating group) is 1. The fourth-order valence-electron chi connectivity index (χ4n) is 9.19. The Kier molecular flexibility index (Phi) is 16.9. The van der Waals surface area contributed by atoms with Crippen LogP contribution in [0.15, 0.2) is 0 Å². The van der Waals surface area contributed by atoms with Crippen LogP contribution in [-0.2, 0) is 52.3 Å². The standard InChI is InChI=1S/C41H71NO14/c1-15-30-22(4)33(47)23(5)32(46)20(2)17-40(11,19-43)36(56-39-35(52-27(9)44)29(42(13)14)16-21(3)50-39)24(6)34(25(7)38(48)54-30)55-31-18-41(12,49)37(26(8)51-31)53-28(10)45/h20-26,29-31,33-37,39,43,47,49H,15-19H2,1-14H3/t20-,21-,22+,23+,24+,25-,26+,29+,30-,31+,33+,34+,35-,36-,37+,39+,40+,41-/m1/s1. The Bertz CT molecular complexity index is 1340. The molecule has 0 radical (unpaired) electrons. The van der Waals surface area contributed by atoms with Crippen molar-refractivity contribution in [3.63, 3.8) is 0 Å². The van der Waals surface area contributed by atoms with E-state index in [1.54, 1.807) is 48.5 Å². The zero-order valence-electron chi connectivity index (χ0n) is 36.1. The summed E-state index contributed by atoms with van der Waals surface area (Å²) in [5.74, 6) is -5.83. The van der Waals surface area contributed by atoms with Crippen LogP contribution < -0.4 is 0 Å². The minimum absolute atomic E-state index is 0.110. The van der Waals surface area contributed by atoms with Gasteiger partial charge < -0.3 is 53.4 Å². The summed E-state index contributed by atoms with van der Waals surface area (Å²) in [5, 5.41) is 34.3. The van der Waals surface area contributed by atoms with Gasteiger partial charge in [-0.2, -0.15) is 0 Å². The van der Waals surface area contributed by atoms with Crippen molar-refractivity contribution >= 4 is 23.7 Å². The van der Waals surface area contributed by atoms with Crippen molar-refractivity contribution in [1.29, 1.82) is 0 Å². The molecule has 0 aromatic carbocycles. The first kappa shape index (κ1) is 48.1. The Hall–Kier alpha value is -2.24. The molecule has 0 aromatic rings. The van der Waals surface area contributed by atoms with E-state index in [9.17, 15) is 34.5 Å². The van der Waals surface area contributed by atoms with Crippen molar-refractivity contribution in [2.75, 3.05) is 20.7 Å². The molecule has 324 valence electrons. The van der Waals surface area contributed by atoms with Crippen molar-refractivity contribution in [2.45, 2.75) is 182 Å². The molecule has 3 N–H and O–H groups in total. The topological polar surface area (TPSA) is 197 Å². The molecule has 0 bridgehead atoms. The molecule has 18 atom stereocenters. The molecular weight excluding hydrogens is 730 g/mol. The Balaban J connectivity index is 2.24. The van der Waals surface area contributed by atoms with Crippen molar-refractivity contribution in [3.8, 4) is 0 Å². The van der Waals surface area contributed by atoms with Gasteiger partial charge in [0.15, 0.2) is 24.8 Å². The number of aliphatic hydroxyl groups is 3. The van der Waals surface area contributed by atoms with Crippen molar-refractivity contribution in [3.05, 3.63) is 0 Å². The maximum absolute atomic E-state index is 14.3. The predicted molar refractivity (Wildman–Crippen MR) is 204 cm³/mol. The van der Waals surface area contributed by atoms with E-state index in [1.807, 2.05) is 32.8 Å². The number of rotatable bonds is 9. The molecule has 56 heavy (non-hydrogen) atoms. The van der Waals surface area contributed by atoms with Gasteiger partial charge in [-0.05, 0) is 61.1 Å². The lowest BCUT2D eigenvalue weighted by molar-refractivity contribution is -0.314. The van der Waals surface area contributed by atoms with E-state index >= 15 is 0 Å². The van der Waals surface area contributed by atoms with Crippen molar-refractivity contribution in [2.24, 2.45) is 35.0 Å². The maximum atomic E-state index is 14.3. The van der Waals surface area contributed by atoms with Crippen LogP contribution in [0.2, 0.25) is 0 Å². The van der Waals surface area contributed by atoms with Crippen LogP contribution >= 0.6 is 0 Å². The third-order valence-corrected chi connectivity index (χ3v) is 12.3. The normalized spacial score (nSPS) is 44.8. The van der Waals surface area contributed by atoms with E-state index in [0.29, 0.717) is 12.8 Å². The molecule has 0 unspecified atom stereocenters. The highest BCUT2D eigenvalue weighted by Crippen LogP contribution is 2.44. The molecule has 3 aliphatic rings. The number of ether oxygens (including phenoxy) is 7. The summed E-state index contributed by atoms with van der Waals surface area (Å²) in [6, 6.07) is -0.303. The zero-order valence-corrected chi connectivity index (χ0v) is 36.1. The number of cyclic esters (lactones) is 1. The molecule has 0 amide bonds. The number of aliphatic hydroxyl groups excluding tert-OH is 2. The summed E-state index contributed by atoms with van der Waals surface area (Å²) in [7, 11) is 3.74. The number of esters is 3. The Morgan fingerprint density at radius 3 is 1.98 bits per heavy atom. The molecule has 0 saturated carbocycles. The van der Waals surface area contributed by atoms with Crippen molar-refractivity contribution < 1.29 is 67.7 Å². The quantitative estimate of drug-likeness (QED) is 0.227. The van der Waals surface area contributed by atoms with Crippen molar-refractivity contribution in [1.82, 2.24) is 4.90 Å². The first-order chi connectivity index (χ1) is 25.9. The van der Waals surface area contributed by atoms with E-state index in [4.69, 9.17) is 33.2 Å². The number of Topliss-reactive ketones (excluding diaryl/α,β-unsaturated/α-hetero) is 1. The SMILES string of the molecule is CC[C@H]1OC(=O)[C@H](C)[C@@H](O[C@H]2C[C@@](C)(O)[C@@H](OC(C)=O)[C@H](C)O2)[C@H](C)[C@@H](O[C@@H]2O[C@H](C)C[C@H](N(C)C)[C@H]2OC(C)=O)[C@](C)(CO)C[C@@H](C)C(=O)[C@H](C)[C@@H](O)[C@H]1C. The molecule has 3 saturated heterocycles. The van der Waals surface area contributed by atoms with Gasteiger partial charge in [-0.1, -0.05) is 41.5 Å². The summed E-state index contributed by atoms with van der Waals surface area (Å²) < 4.78 is 43.7. The number of carbonyl (C=O) groups is 4. The van der Waals surface area contributed by atoms with Crippen LogP contribution in [0.5, 0.6) is 0 Å². The molecule has 15 nitrogen and oxygen atoms in total. The van der Waals surface area contributed by atoms with E-state index in [1.165, 1.54) is 20.8 Å². The first-order valence-electron chi connectivity index (χ1n) is 20.3. The van der Waals surface area contributed by atoms with Gasteiger partial charge in [0, 0.05) is 49.4 Å². The van der Waals surface area contributed by atoms with E-state index in [2.05, 4.69) is 0 Å². The van der Waals surface area contributed by atoms with Crippen LogP contribution in [0.1, 0.15) is 109 Å². The smallest absolute Gasteiger partial charge is 0.311 e. The highest BCUT2D eigenvalue weighted by Gasteiger charge is 2.53. The minimum atomic E-state index is -1.58. The summed E-state index contributed by atoms with van der Waals surface area (Å²) in [6.07, 6.45) is -8.33. The first-order valence-corrected chi connectivity index (χ1v) is 20.3. The summed E-state index contributed by atoms with van der Waals surface area (Å²) in [5.41, 5.74) is -2.79. The van der Waals surface area contributed by atoms with Gasteiger partial charge in [-0.15, -0.1) is 0 Å². The Morgan fingerprint density at radius 2 is 1.46 bits per heavy atom. The molecular formula is C41H71NO14. The second-order valence-electron chi connectivity index (χ2n) is 17.7. The Morgan fingerprint density at radius 1 is 0.857 bits per heavy atom. The summed E-state index contributed by atoms with van der Waals surface area (Å²) in [4.78, 5) is 54.6. The second kappa shape index (κ2) is 19.7. The van der Waals surface area contributed by atoms with Gasteiger partial charge >= 0.3 is 17.9 Å².